The van der Waals surface area contributed by atoms with Crippen molar-refractivity contribution in [3.8, 4) is 0 Å². The van der Waals surface area contributed by atoms with E-state index >= 15 is 0 Å². The molecule has 3 atom stereocenters. The highest BCUT2D eigenvalue weighted by molar-refractivity contribution is 5.18. The van der Waals surface area contributed by atoms with Crippen LogP contribution in [0.2, 0.25) is 0 Å². The van der Waals surface area contributed by atoms with Gasteiger partial charge in [-0.3, -0.25) is 0 Å². The van der Waals surface area contributed by atoms with Gasteiger partial charge >= 0.3 is 0 Å². The molecule has 1 fully saturated rings. The van der Waals surface area contributed by atoms with Crippen LogP contribution in [0.15, 0.2) is 72.8 Å². The van der Waals surface area contributed by atoms with Crippen molar-refractivity contribution in [1.82, 2.24) is 0 Å². The molecule has 0 bridgehead atoms. The lowest BCUT2D eigenvalue weighted by Crippen LogP contribution is -2.30. The molecule has 2 heteroatoms. The second kappa shape index (κ2) is 8.27. The van der Waals surface area contributed by atoms with Crippen molar-refractivity contribution in [3.63, 3.8) is 0 Å². The molecule has 3 rings (SSSR count). The molecule has 0 aromatic heterocycles. The molecule has 1 unspecified atom stereocenters. The third-order valence-corrected chi connectivity index (χ3v) is 4.69. The summed E-state index contributed by atoms with van der Waals surface area (Å²) in [6.45, 7) is 4.19. The Balaban J connectivity index is 1.54. The van der Waals surface area contributed by atoms with Crippen LogP contribution in [0.4, 0.5) is 0 Å². The van der Waals surface area contributed by atoms with Crippen LogP contribution < -0.4 is 0 Å². The lowest BCUT2D eigenvalue weighted by Gasteiger charge is -2.33. The van der Waals surface area contributed by atoms with Gasteiger partial charge in [0.2, 0.25) is 0 Å². The minimum atomic E-state index is -0.475. The standard InChI is InChI=1S/C22H26O2/c1-17-14-20(13-12-18-8-4-2-5-9-18)24-21(15-17)16-22(23)19-10-6-3-7-11-19/h2-11,20-23H,1,12-16H2/t20-,21-,22?/m0/s1. The summed E-state index contributed by atoms with van der Waals surface area (Å²) >= 11 is 0. The van der Waals surface area contributed by atoms with E-state index in [2.05, 4.69) is 30.8 Å². The Hall–Kier alpha value is -1.90. The van der Waals surface area contributed by atoms with Crippen LogP contribution in [-0.4, -0.2) is 17.3 Å². The number of ether oxygens (including phenoxy) is 1. The topological polar surface area (TPSA) is 29.5 Å². The van der Waals surface area contributed by atoms with Crippen molar-refractivity contribution in [3.05, 3.63) is 83.9 Å². The Kier molecular flexibility index (Phi) is 5.84. The van der Waals surface area contributed by atoms with E-state index in [1.54, 1.807) is 0 Å². The molecule has 24 heavy (non-hydrogen) atoms. The van der Waals surface area contributed by atoms with Gasteiger partial charge in [0.25, 0.3) is 0 Å². The van der Waals surface area contributed by atoms with Gasteiger partial charge in [-0.05, 0) is 36.8 Å². The molecule has 126 valence electrons. The maximum absolute atomic E-state index is 10.4. The molecule has 1 aliphatic rings. The third kappa shape index (κ3) is 4.80. The van der Waals surface area contributed by atoms with E-state index in [4.69, 9.17) is 4.74 Å². The van der Waals surface area contributed by atoms with E-state index in [0.29, 0.717) is 6.42 Å². The first-order chi connectivity index (χ1) is 11.7. The zero-order valence-electron chi connectivity index (χ0n) is 14.1. The first-order valence-corrected chi connectivity index (χ1v) is 8.80. The van der Waals surface area contributed by atoms with Gasteiger partial charge in [0, 0.05) is 6.42 Å². The molecule has 0 saturated carbocycles. The highest BCUT2D eigenvalue weighted by Crippen LogP contribution is 2.31. The smallest absolute Gasteiger partial charge is 0.0814 e. The van der Waals surface area contributed by atoms with Crippen LogP contribution in [-0.2, 0) is 11.2 Å². The Morgan fingerprint density at radius 3 is 2.29 bits per heavy atom. The summed E-state index contributed by atoms with van der Waals surface area (Å²) < 4.78 is 6.25. The average Bonchev–Trinajstić information content (AvgIpc) is 2.61. The highest BCUT2D eigenvalue weighted by Gasteiger charge is 2.26. The molecule has 2 nitrogen and oxygen atoms in total. The Morgan fingerprint density at radius 1 is 0.958 bits per heavy atom. The van der Waals surface area contributed by atoms with E-state index in [1.807, 2.05) is 36.4 Å². The average molecular weight is 322 g/mol. The number of aliphatic hydroxyl groups excluding tert-OH is 1. The number of benzene rings is 2. The Bertz CT molecular complexity index is 636. The van der Waals surface area contributed by atoms with Crippen LogP contribution in [0, 0.1) is 0 Å². The molecule has 1 aliphatic heterocycles. The zero-order chi connectivity index (χ0) is 16.8. The lowest BCUT2D eigenvalue weighted by molar-refractivity contribution is -0.0554. The minimum Gasteiger partial charge on any atom is -0.388 e. The molecule has 2 aromatic rings. The van der Waals surface area contributed by atoms with E-state index in [1.165, 1.54) is 11.1 Å². The van der Waals surface area contributed by atoms with Gasteiger partial charge in [0.15, 0.2) is 0 Å². The normalized spacial score (nSPS) is 22.3. The number of aliphatic hydroxyl groups is 1. The van der Waals surface area contributed by atoms with Gasteiger partial charge in [-0.25, -0.2) is 0 Å². The first-order valence-electron chi connectivity index (χ1n) is 8.80. The van der Waals surface area contributed by atoms with Crippen molar-refractivity contribution in [2.75, 3.05) is 0 Å². The van der Waals surface area contributed by atoms with Crippen LogP contribution in [0.3, 0.4) is 0 Å². The van der Waals surface area contributed by atoms with Crippen LogP contribution in [0.5, 0.6) is 0 Å². The Labute approximate surface area is 144 Å². The maximum Gasteiger partial charge on any atom is 0.0814 e. The molecular weight excluding hydrogens is 296 g/mol. The van der Waals surface area contributed by atoms with Crippen molar-refractivity contribution in [1.29, 1.82) is 0 Å². The van der Waals surface area contributed by atoms with Crippen LogP contribution in [0.25, 0.3) is 0 Å². The first kappa shape index (κ1) is 16.9. The minimum absolute atomic E-state index is 0.0576. The van der Waals surface area contributed by atoms with Crippen molar-refractivity contribution in [2.45, 2.75) is 50.4 Å². The molecule has 1 heterocycles. The third-order valence-electron chi connectivity index (χ3n) is 4.69. The molecule has 0 radical (unpaired) electrons. The van der Waals surface area contributed by atoms with E-state index < -0.39 is 6.10 Å². The summed E-state index contributed by atoms with van der Waals surface area (Å²) in [7, 11) is 0. The summed E-state index contributed by atoms with van der Waals surface area (Å²) in [6.07, 6.45) is 4.23. The molecule has 2 aromatic carbocycles. The second-order valence-electron chi connectivity index (χ2n) is 6.72. The maximum atomic E-state index is 10.4. The van der Waals surface area contributed by atoms with Crippen molar-refractivity contribution in [2.24, 2.45) is 0 Å². The number of aryl methyl sites for hydroxylation is 1. The monoisotopic (exact) mass is 322 g/mol. The molecule has 0 aliphatic carbocycles. The van der Waals surface area contributed by atoms with Gasteiger partial charge in [0.1, 0.15) is 0 Å². The fourth-order valence-corrected chi connectivity index (χ4v) is 3.44. The molecular formula is C22H26O2. The number of rotatable bonds is 6. The van der Waals surface area contributed by atoms with E-state index in [0.717, 1.165) is 31.2 Å². The lowest BCUT2D eigenvalue weighted by atomic mass is 9.92. The van der Waals surface area contributed by atoms with Gasteiger partial charge in [-0.15, -0.1) is 0 Å². The summed E-state index contributed by atoms with van der Waals surface area (Å²) in [5.74, 6) is 0. The van der Waals surface area contributed by atoms with Gasteiger partial charge in [-0.1, -0.05) is 72.8 Å². The van der Waals surface area contributed by atoms with Crippen molar-refractivity contribution >= 4 is 0 Å². The highest BCUT2D eigenvalue weighted by atomic mass is 16.5. The summed E-state index contributed by atoms with van der Waals surface area (Å²) in [4.78, 5) is 0. The Morgan fingerprint density at radius 2 is 1.58 bits per heavy atom. The van der Waals surface area contributed by atoms with Gasteiger partial charge < -0.3 is 9.84 Å². The predicted octanol–water partition coefficient (Wildman–Crippen LogP) is 4.85. The largest absolute Gasteiger partial charge is 0.388 e. The number of hydrogen-bond donors (Lipinski definition) is 1. The molecule has 0 spiro atoms. The fraction of sp³-hybridized carbons (Fsp3) is 0.364. The fourth-order valence-electron chi connectivity index (χ4n) is 3.44. The van der Waals surface area contributed by atoms with Crippen LogP contribution >= 0.6 is 0 Å². The molecule has 0 amide bonds. The summed E-state index contributed by atoms with van der Waals surface area (Å²) in [5, 5.41) is 10.4. The van der Waals surface area contributed by atoms with Crippen LogP contribution in [0.1, 0.15) is 42.9 Å². The number of hydrogen-bond acceptors (Lipinski definition) is 2. The molecule has 1 saturated heterocycles. The predicted molar refractivity (Wildman–Crippen MR) is 97.8 cm³/mol. The zero-order valence-corrected chi connectivity index (χ0v) is 14.1. The van der Waals surface area contributed by atoms with E-state index in [9.17, 15) is 5.11 Å². The SMILES string of the molecule is C=C1C[C@H](CCc2ccccc2)O[C@H](CC(O)c2ccccc2)C1. The van der Waals surface area contributed by atoms with Crippen molar-refractivity contribution < 1.29 is 9.84 Å². The summed E-state index contributed by atoms with van der Waals surface area (Å²) in [6, 6.07) is 20.3. The van der Waals surface area contributed by atoms with E-state index in [-0.39, 0.29) is 12.2 Å². The quantitative estimate of drug-likeness (QED) is 0.771. The van der Waals surface area contributed by atoms with Gasteiger partial charge in [-0.2, -0.15) is 0 Å². The molecule has 1 N–H and O–H groups in total. The van der Waals surface area contributed by atoms with Gasteiger partial charge in [0.05, 0.1) is 18.3 Å². The summed E-state index contributed by atoms with van der Waals surface area (Å²) in [5.41, 5.74) is 3.54. The second-order valence-corrected chi connectivity index (χ2v) is 6.72.